The fourth-order valence-electron chi connectivity index (χ4n) is 3.65. The number of benzene rings is 3. The Morgan fingerprint density at radius 2 is 1.87 bits per heavy atom. The highest BCUT2D eigenvalue weighted by molar-refractivity contribution is 6.30. The summed E-state index contributed by atoms with van der Waals surface area (Å²) in [6.07, 6.45) is -0.995. The van der Waals surface area contributed by atoms with Crippen LogP contribution in [0.15, 0.2) is 66.7 Å². The molecule has 30 heavy (non-hydrogen) atoms. The van der Waals surface area contributed by atoms with Gasteiger partial charge in [0.05, 0.1) is 12.2 Å². The van der Waals surface area contributed by atoms with Crippen LogP contribution in [-0.4, -0.2) is 18.7 Å². The van der Waals surface area contributed by atoms with Gasteiger partial charge in [0.15, 0.2) is 18.7 Å². The first-order chi connectivity index (χ1) is 14.7. The van der Waals surface area contributed by atoms with Crippen molar-refractivity contribution in [3.8, 4) is 11.5 Å². The Balaban J connectivity index is 1.35. The number of carbonyl (C=O) groups is 1. The van der Waals surface area contributed by atoms with Crippen LogP contribution in [0.5, 0.6) is 11.5 Å². The average Bonchev–Trinajstić information content (AvgIpc) is 3.58. The maximum Gasteiger partial charge on any atom is 0.198 e. The highest BCUT2D eigenvalue weighted by Gasteiger charge is 2.49. The summed E-state index contributed by atoms with van der Waals surface area (Å²) in [6, 6.07) is 20.7. The van der Waals surface area contributed by atoms with Gasteiger partial charge < -0.3 is 18.9 Å². The zero-order chi connectivity index (χ0) is 20.5. The van der Waals surface area contributed by atoms with Gasteiger partial charge in [0.1, 0.15) is 24.2 Å². The number of epoxide rings is 1. The quantitative estimate of drug-likeness (QED) is 0.408. The highest BCUT2D eigenvalue weighted by atomic mass is 35.5. The van der Waals surface area contributed by atoms with Crippen molar-refractivity contribution >= 4 is 17.4 Å². The summed E-state index contributed by atoms with van der Waals surface area (Å²) in [5.41, 5.74) is 3.17. The Morgan fingerprint density at radius 3 is 2.73 bits per heavy atom. The van der Waals surface area contributed by atoms with Crippen LogP contribution in [0, 0.1) is 0 Å². The van der Waals surface area contributed by atoms with E-state index >= 15 is 0 Å². The van der Waals surface area contributed by atoms with Crippen molar-refractivity contribution in [3.63, 3.8) is 0 Å². The van der Waals surface area contributed by atoms with Crippen molar-refractivity contribution in [2.45, 2.75) is 25.4 Å². The number of carbonyl (C=O) groups excluding carboxylic acids is 1. The first kappa shape index (κ1) is 19.1. The van der Waals surface area contributed by atoms with Crippen LogP contribution in [0.3, 0.4) is 0 Å². The van der Waals surface area contributed by atoms with Gasteiger partial charge in [0, 0.05) is 16.1 Å². The summed E-state index contributed by atoms with van der Waals surface area (Å²) < 4.78 is 22.7. The third-order valence-electron chi connectivity index (χ3n) is 5.15. The summed E-state index contributed by atoms with van der Waals surface area (Å²) >= 11 is 6.25. The number of rotatable bonds is 6. The molecule has 152 valence electrons. The molecule has 5 nitrogen and oxygen atoms in total. The summed E-state index contributed by atoms with van der Waals surface area (Å²) in [6.45, 7) is 0.975. The molecule has 0 bridgehead atoms. The van der Waals surface area contributed by atoms with Gasteiger partial charge in [-0.2, -0.15) is 0 Å². The molecule has 0 spiro atoms. The number of Topliss-reactive ketones (excluding diaryl/α,β-unsaturated/α-hetero) is 1. The van der Waals surface area contributed by atoms with E-state index in [9.17, 15) is 4.79 Å². The smallest absolute Gasteiger partial charge is 0.198 e. The molecule has 2 aliphatic rings. The molecule has 0 amide bonds. The molecular weight excluding hydrogens is 404 g/mol. The van der Waals surface area contributed by atoms with Crippen LogP contribution >= 0.6 is 11.6 Å². The predicted molar refractivity (Wildman–Crippen MR) is 111 cm³/mol. The Hall–Kier alpha value is -2.86. The topological polar surface area (TPSA) is 57.3 Å². The molecule has 0 saturated carbocycles. The van der Waals surface area contributed by atoms with E-state index in [0.717, 1.165) is 16.7 Å². The van der Waals surface area contributed by atoms with Crippen molar-refractivity contribution in [2.75, 3.05) is 6.79 Å². The molecule has 0 aliphatic carbocycles. The first-order valence-corrected chi connectivity index (χ1v) is 10.1. The molecule has 1 saturated heterocycles. The van der Waals surface area contributed by atoms with Crippen molar-refractivity contribution in [2.24, 2.45) is 0 Å². The number of ketones is 1. The summed E-state index contributed by atoms with van der Waals surface area (Å²) in [7, 11) is 0. The second-order valence-corrected chi connectivity index (χ2v) is 7.64. The minimum Gasteiger partial charge on any atom is -0.488 e. The normalized spacial score (nSPS) is 19.5. The molecular formula is C24H19ClO5. The van der Waals surface area contributed by atoms with Gasteiger partial charge in [-0.05, 0) is 29.8 Å². The molecule has 2 heterocycles. The van der Waals surface area contributed by atoms with Crippen molar-refractivity contribution in [1.82, 2.24) is 0 Å². The van der Waals surface area contributed by atoms with Crippen molar-refractivity contribution in [3.05, 3.63) is 94.0 Å². The zero-order valence-electron chi connectivity index (χ0n) is 16.0. The SMILES string of the molecule is O=C(c1ccccc1OCc1ccccc1)[C@H]1O[C@@H]1c1cc(Cl)cc2c1OCOC2. The lowest BCUT2D eigenvalue weighted by molar-refractivity contribution is -0.0172. The molecule has 3 aromatic carbocycles. The van der Waals surface area contributed by atoms with E-state index in [1.54, 1.807) is 18.2 Å². The number of halogens is 1. The van der Waals surface area contributed by atoms with E-state index < -0.39 is 12.2 Å². The monoisotopic (exact) mass is 422 g/mol. The Morgan fingerprint density at radius 1 is 1.07 bits per heavy atom. The van der Waals surface area contributed by atoms with E-state index in [2.05, 4.69) is 0 Å². The minimum absolute atomic E-state index is 0.121. The Bertz CT molecular complexity index is 1080. The average molecular weight is 423 g/mol. The van der Waals surface area contributed by atoms with Crippen LogP contribution in [0.1, 0.15) is 33.2 Å². The lowest BCUT2D eigenvalue weighted by atomic mass is 9.99. The van der Waals surface area contributed by atoms with Crippen molar-refractivity contribution in [1.29, 1.82) is 0 Å². The third-order valence-corrected chi connectivity index (χ3v) is 5.37. The molecule has 0 radical (unpaired) electrons. The van der Waals surface area contributed by atoms with E-state index in [1.165, 1.54) is 0 Å². The molecule has 5 rings (SSSR count). The van der Waals surface area contributed by atoms with Gasteiger partial charge in [-0.3, -0.25) is 4.79 Å². The van der Waals surface area contributed by atoms with E-state index in [1.807, 2.05) is 48.5 Å². The predicted octanol–water partition coefficient (Wildman–Crippen LogP) is 5.11. The zero-order valence-corrected chi connectivity index (χ0v) is 16.8. The highest BCUT2D eigenvalue weighted by Crippen LogP contribution is 2.48. The minimum atomic E-state index is -0.597. The van der Waals surface area contributed by atoms with Gasteiger partial charge in [-0.1, -0.05) is 54.1 Å². The number of hydrogen-bond acceptors (Lipinski definition) is 5. The Labute approximate surface area is 179 Å². The van der Waals surface area contributed by atoms with E-state index in [0.29, 0.717) is 35.3 Å². The fraction of sp³-hybridized carbons (Fsp3) is 0.208. The first-order valence-electron chi connectivity index (χ1n) is 9.69. The van der Waals surface area contributed by atoms with Crippen LogP contribution in [0.25, 0.3) is 0 Å². The number of para-hydroxylation sites is 1. The number of ether oxygens (including phenoxy) is 4. The fourth-order valence-corrected chi connectivity index (χ4v) is 3.90. The van der Waals surface area contributed by atoms with Gasteiger partial charge in [0.2, 0.25) is 0 Å². The number of fused-ring (bicyclic) bond motifs is 1. The maximum atomic E-state index is 13.2. The molecule has 0 unspecified atom stereocenters. The molecule has 2 aliphatic heterocycles. The molecule has 3 aromatic rings. The third kappa shape index (κ3) is 3.79. The van der Waals surface area contributed by atoms with Gasteiger partial charge in [-0.25, -0.2) is 0 Å². The van der Waals surface area contributed by atoms with Gasteiger partial charge in [-0.15, -0.1) is 0 Å². The molecule has 6 heteroatoms. The van der Waals surface area contributed by atoms with Crippen LogP contribution in [0.2, 0.25) is 5.02 Å². The van der Waals surface area contributed by atoms with E-state index in [-0.39, 0.29) is 12.6 Å². The summed E-state index contributed by atoms with van der Waals surface area (Å²) in [5, 5.41) is 0.561. The molecule has 2 atom stereocenters. The van der Waals surface area contributed by atoms with Crippen LogP contribution in [-0.2, 0) is 22.7 Å². The van der Waals surface area contributed by atoms with E-state index in [4.69, 9.17) is 30.5 Å². The lowest BCUT2D eigenvalue weighted by Gasteiger charge is -2.20. The molecule has 0 N–H and O–H groups in total. The maximum absolute atomic E-state index is 13.2. The second kappa shape index (κ2) is 8.11. The summed E-state index contributed by atoms with van der Waals surface area (Å²) in [5.74, 6) is 1.11. The van der Waals surface area contributed by atoms with Gasteiger partial charge >= 0.3 is 0 Å². The Kier molecular flexibility index (Phi) is 5.17. The van der Waals surface area contributed by atoms with Crippen LogP contribution in [0.4, 0.5) is 0 Å². The number of hydrogen-bond donors (Lipinski definition) is 0. The molecule has 1 fully saturated rings. The standard InChI is InChI=1S/C24H19ClO5/c25-17-10-16-13-27-14-29-22(16)19(11-17)23-24(30-23)21(26)18-8-4-5-9-20(18)28-12-15-6-2-1-3-7-15/h1-11,23-24H,12-14H2/t23-,24-/m1/s1. The van der Waals surface area contributed by atoms with Crippen LogP contribution < -0.4 is 9.47 Å². The van der Waals surface area contributed by atoms with Crippen molar-refractivity contribution < 1.29 is 23.7 Å². The second-order valence-electron chi connectivity index (χ2n) is 7.21. The van der Waals surface area contributed by atoms with Gasteiger partial charge in [0.25, 0.3) is 0 Å². The largest absolute Gasteiger partial charge is 0.488 e. The lowest BCUT2D eigenvalue weighted by Crippen LogP contribution is -2.14. The summed E-state index contributed by atoms with van der Waals surface area (Å²) in [4.78, 5) is 13.2. The molecule has 0 aromatic heterocycles.